The van der Waals surface area contributed by atoms with E-state index in [2.05, 4.69) is 22.4 Å². The Hall–Kier alpha value is -2.51. The van der Waals surface area contributed by atoms with Crippen molar-refractivity contribution in [2.75, 3.05) is 11.1 Å². The second kappa shape index (κ2) is 11.0. The fraction of sp³-hybridized carbons (Fsp3) is 0.318. The summed E-state index contributed by atoms with van der Waals surface area (Å²) in [5.41, 5.74) is 1.78. The zero-order valence-corrected chi connectivity index (χ0v) is 18.7. The zero-order chi connectivity index (χ0) is 21.3. The van der Waals surface area contributed by atoms with E-state index in [0.29, 0.717) is 22.5 Å². The van der Waals surface area contributed by atoms with E-state index in [4.69, 9.17) is 16.3 Å². The number of nitrogens with zero attached hydrogens (tertiary/aromatic N) is 3. The number of ether oxygens (including phenoxy) is 1. The van der Waals surface area contributed by atoms with E-state index < -0.39 is 0 Å². The number of para-hydroxylation sites is 1. The maximum atomic E-state index is 12.3. The normalized spacial score (nSPS) is 10.8. The number of nitrogens with one attached hydrogen (secondary N) is 1. The monoisotopic (exact) mass is 444 g/mol. The number of aryl methyl sites for hydroxylation is 1. The van der Waals surface area contributed by atoms with Gasteiger partial charge in [-0.2, -0.15) is 0 Å². The van der Waals surface area contributed by atoms with Crippen molar-refractivity contribution in [3.05, 3.63) is 64.9 Å². The van der Waals surface area contributed by atoms with Crippen molar-refractivity contribution in [3.63, 3.8) is 0 Å². The van der Waals surface area contributed by atoms with Crippen LogP contribution < -0.4 is 10.1 Å². The van der Waals surface area contributed by atoms with Crippen LogP contribution in [0.1, 0.15) is 31.2 Å². The molecule has 8 heteroatoms. The molecule has 0 bridgehead atoms. The summed E-state index contributed by atoms with van der Waals surface area (Å²) in [5, 5.41) is 12.6. The highest BCUT2D eigenvalue weighted by molar-refractivity contribution is 7.99. The summed E-state index contributed by atoms with van der Waals surface area (Å²) in [4.78, 5) is 12.3. The van der Waals surface area contributed by atoms with Crippen LogP contribution in [0.2, 0.25) is 5.02 Å². The molecule has 0 saturated carbocycles. The molecule has 0 fully saturated rings. The van der Waals surface area contributed by atoms with E-state index in [1.165, 1.54) is 17.3 Å². The molecule has 1 N–H and O–H groups in total. The summed E-state index contributed by atoms with van der Waals surface area (Å²) in [7, 11) is 0. The summed E-state index contributed by atoms with van der Waals surface area (Å²) in [6, 6.07) is 15.1. The minimum atomic E-state index is -0.143. The second-order valence-corrected chi connectivity index (χ2v) is 8.17. The van der Waals surface area contributed by atoms with Gasteiger partial charge in [0, 0.05) is 6.54 Å². The maximum absolute atomic E-state index is 12.3. The molecule has 0 atom stereocenters. The van der Waals surface area contributed by atoms with Gasteiger partial charge in [-0.05, 0) is 37.6 Å². The lowest BCUT2D eigenvalue weighted by Crippen LogP contribution is -2.15. The van der Waals surface area contributed by atoms with Gasteiger partial charge in [0.25, 0.3) is 0 Å². The number of amides is 1. The van der Waals surface area contributed by atoms with Gasteiger partial charge in [0.2, 0.25) is 5.91 Å². The van der Waals surface area contributed by atoms with Crippen LogP contribution in [-0.2, 0) is 17.9 Å². The van der Waals surface area contributed by atoms with Crippen molar-refractivity contribution in [1.29, 1.82) is 0 Å². The van der Waals surface area contributed by atoms with Crippen molar-refractivity contribution in [3.8, 4) is 5.75 Å². The standard InChI is InChI=1S/C22H25ClN4O2S/c1-3-4-13-27-20(14-29-17-11-9-16(2)10-12-17)25-26-22(27)30-15-21(28)24-19-8-6-5-7-18(19)23/h5-12H,3-4,13-15H2,1-2H3,(H,24,28). The van der Waals surface area contributed by atoms with Gasteiger partial charge in [0.05, 0.1) is 16.5 Å². The van der Waals surface area contributed by atoms with Gasteiger partial charge in [0.1, 0.15) is 12.4 Å². The van der Waals surface area contributed by atoms with Crippen LogP contribution in [-0.4, -0.2) is 26.4 Å². The average Bonchev–Trinajstić information content (AvgIpc) is 3.13. The number of benzene rings is 2. The Labute approximate surface area is 186 Å². The summed E-state index contributed by atoms with van der Waals surface area (Å²) in [6.07, 6.45) is 2.04. The third-order valence-electron chi connectivity index (χ3n) is 4.40. The molecule has 0 aliphatic heterocycles. The number of rotatable bonds is 10. The van der Waals surface area contributed by atoms with E-state index in [1.54, 1.807) is 12.1 Å². The molecule has 0 unspecified atom stereocenters. The molecule has 2 aromatic carbocycles. The third kappa shape index (κ3) is 6.24. The summed E-state index contributed by atoms with van der Waals surface area (Å²) < 4.78 is 7.91. The number of halogens is 1. The van der Waals surface area contributed by atoms with Crippen molar-refractivity contribution in [2.45, 2.75) is 45.0 Å². The second-order valence-electron chi connectivity index (χ2n) is 6.82. The van der Waals surface area contributed by atoms with E-state index in [-0.39, 0.29) is 11.7 Å². The maximum Gasteiger partial charge on any atom is 0.234 e. The summed E-state index contributed by atoms with van der Waals surface area (Å²) in [5.74, 6) is 1.61. The molecule has 0 radical (unpaired) electrons. The number of aromatic nitrogens is 3. The molecule has 1 heterocycles. The van der Waals surface area contributed by atoms with Gasteiger partial charge >= 0.3 is 0 Å². The first-order chi connectivity index (χ1) is 14.6. The highest BCUT2D eigenvalue weighted by Gasteiger charge is 2.15. The number of unbranched alkanes of at least 4 members (excludes halogenated alkanes) is 1. The fourth-order valence-electron chi connectivity index (χ4n) is 2.73. The molecule has 158 valence electrons. The number of hydrogen-bond donors (Lipinski definition) is 1. The van der Waals surface area contributed by atoms with Crippen molar-refractivity contribution >= 4 is 35.0 Å². The highest BCUT2D eigenvalue weighted by atomic mass is 35.5. The molecule has 3 aromatic rings. The molecule has 3 rings (SSSR count). The topological polar surface area (TPSA) is 69.0 Å². The van der Waals surface area contributed by atoms with Crippen LogP contribution >= 0.6 is 23.4 Å². The zero-order valence-electron chi connectivity index (χ0n) is 17.1. The van der Waals surface area contributed by atoms with Gasteiger partial charge in [-0.25, -0.2) is 0 Å². The van der Waals surface area contributed by atoms with Gasteiger partial charge in [-0.1, -0.05) is 66.5 Å². The molecule has 0 aliphatic carbocycles. The molecular formula is C22H25ClN4O2S. The van der Waals surface area contributed by atoms with Crippen LogP contribution in [0.4, 0.5) is 5.69 Å². The number of thioether (sulfide) groups is 1. The quantitative estimate of drug-likeness (QED) is 0.427. The van der Waals surface area contributed by atoms with Crippen LogP contribution in [0, 0.1) is 6.92 Å². The molecule has 1 amide bonds. The van der Waals surface area contributed by atoms with Crippen molar-refractivity contribution in [2.24, 2.45) is 0 Å². The smallest absolute Gasteiger partial charge is 0.234 e. The first kappa shape index (κ1) is 22.2. The Kier molecular flexibility index (Phi) is 8.16. The molecule has 1 aromatic heterocycles. The number of carbonyl (C=O) groups excluding carboxylic acids is 1. The Morgan fingerprint density at radius 1 is 1.17 bits per heavy atom. The molecule has 0 saturated heterocycles. The average molecular weight is 445 g/mol. The van der Waals surface area contributed by atoms with Gasteiger partial charge in [0.15, 0.2) is 11.0 Å². The van der Waals surface area contributed by atoms with Crippen LogP contribution in [0.25, 0.3) is 0 Å². The molecule has 6 nitrogen and oxygen atoms in total. The predicted molar refractivity (Wildman–Crippen MR) is 121 cm³/mol. The molecule has 0 aliphatic rings. The Morgan fingerprint density at radius 3 is 2.67 bits per heavy atom. The van der Waals surface area contributed by atoms with E-state index in [9.17, 15) is 4.79 Å². The minimum absolute atomic E-state index is 0.143. The Morgan fingerprint density at radius 2 is 1.93 bits per heavy atom. The lowest BCUT2D eigenvalue weighted by Gasteiger charge is -2.11. The number of hydrogen-bond acceptors (Lipinski definition) is 5. The predicted octanol–water partition coefficient (Wildman–Crippen LogP) is 5.35. The van der Waals surface area contributed by atoms with Gasteiger partial charge in [-0.3, -0.25) is 4.79 Å². The lowest BCUT2D eigenvalue weighted by atomic mass is 10.2. The summed E-state index contributed by atoms with van der Waals surface area (Å²) >= 11 is 7.46. The SMILES string of the molecule is CCCCn1c(COc2ccc(C)cc2)nnc1SCC(=O)Nc1ccccc1Cl. The van der Waals surface area contributed by atoms with Crippen LogP contribution in [0.3, 0.4) is 0 Å². The van der Waals surface area contributed by atoms with Crippen molar-refractivity contribution in [1.82, 2.24) is 14.8 Å². The van der Waals surface area contributed by atoms with Crippen LogP contribution in [0.15, 0.2) is 53.7 Å². The van der Waals surface area contributed by atoms with Gasteiger partial charge in [-0.15, -0.1) is 10.2 Å². The molecular weight excluding hydrogens is 420 g/mol. The van der Waals surface area contributed by atoms with E-state index in [0.717, 1.165) is 31.0 Å². The lowest BCUT2D eigenvalue weighted by molar-refractivity contribution is -0.113. The van der Waals surface area contributed by atoms with Gasteiger partial charge < -0.3 is 14.6 Å². The summed E-state index contributed by atoms with van der Waals surface area (Å²) in [6.45, 7) is 5.28. The minimum Gasteiger partial charge on any atom is -0.486 e. The van der Waals surface area contributed by atoms with E-state index in [1.807, 2.05) is 47.9 Å². The third-order valence-corrected chi connectivity index (χ3v) is 5.69. The van der Waals surface area contributed by atoms with Crippen LogP contribution in [0.5, 0.6) is 5.75 Å². The van der Waals surface area contributed by atoms with E-state index >= 15 is 0 Å². The fourth-order valence-corrected chi connectivity index (χ4v) is 3.70. The number of carbonyl (C=O) groups is 1. The molecule has 0 spiro atoms. The number of anilines is 1. The van der Waals surface area contributed by atoms with Crippen molar-refractivity contribution < 1.29 is 9.53 Å². The Balaban J connectivity index is 1.62. The first-order valence-corrected chi connectivity index (χ1v) is 11.2. The highest BCUT2D eigenvalue weighted by Crippen LogP contribution is 2.23. The molecule has 30 heavy (non-hydrogen) atoms. The Bertz CT molecular complexity index is 976. The largest absolute Gasteiger partial charge is 0.486 e. The first-order valence-electron chi connectivity index (χ1n) is 9.85.